The van der Waals surface area contributed by atoms with Gasteiger partial charge < -0.3 is 0 Å². The topological polar surface area (TPSA) is 25.8 Å². The van der Waals surface area contributed by atoms with Gasteiger partial charge in [-0.15, -0.1) is 0 Å². The average molecular weight is 673 g/mol. The minimum Gasteiger partial charge on any atom is -0.228 e. The first-order valence-electron chi connectivity index (χ1n) is 18.3. The summed E-state index contributed by atoms with van der Waals surface area (Å²) in [7, 11) is 0. The van der Waals surface area contributed by atoms with E-state index in [1.807, 2.05) is 0 Å². The summed E-state index contributed by atoms with van der Waals surface area (Å²) in [6.45, 7) is 0. The van der Waals surface area contributed by atoms with Crippen LogP contribution in [0.25, 0.3) is 78.1 Å². The van der Waals surface area contributed by atoms with Gasteiger partial charge in [0.05, 0.1) is 16.8 Å². The fourth-order valence-corrected chi connectivity index (χ4v) is 9.10. The molecule has 0 radical (unpaired) electrons. The summed E-state index contributed by atoms with van der Waals surface area (Å²) in [5.41, 5.74) is 17.1. The van der Waals surface area contributed by atoms with Crippen molar-refractivity contribution >= 4 is 10.8 Å². The Hall–Kier alpha value is -6.90. The normalized spacial score (nSPS) is 14.9. The zero-order valence-corrected chi connectivity index (χ0v) is 28.9. The summed E-state index contributed by atoms with van der Waals surface area (Å²) < 4.78 is 0. The molecular weight excluding hydrogens is 641 g/mol. The molecule has 1 atom stereocenters. The number of hydrogen-bond acceptors (Lipinski definition) is 2. The average Bonchev–Trinajstić information content (AvgIpc) is 3.72. The highest BCUT2D eigenvalue weighted by atomic mass is 14.9. The van der Waals surface area contributed by atoms with Crippen molar-refractivity contribution in [2.45, 2.75) is 5.41 Å². The molecule has 0 saturated carbocycles. The van der Waals surface area contributed by atoms with Gasteiger partial charge in [-0.2, -0.15) is 0 Å². The third-order valence-corrected chi connectivity index (χ3v) is 11.3. The molecule has 0 saturated heterocycles. The first kappa shape index (κ1) is 29.8. The largest absolute Gasteiger partial charge is 0.228 e. The first-order valence-corrected chi connectivity index (χ1v) is 18.3. The van der Waals surface area contributed by atoms with Crippen molar-refractivity contribution in [2.24, 2.45) is 0 Å². The van der Waals surface area contributed by atoms with Crippen molar-refractivity contribution in [3.05, 3.63) is 216 Å². The van der Waals surface area contributed by atoms with E-state index in [9.17, 15) is 0 Å². The third kappa shape index (κ3) is 4.33. The molecule has 1 heterocycles. The van der Waals surface area contributed by atoms with Crippen molar-refractivity contribution in [2.75, 3.05) is 0 Å². The Morgan fingerprint density at radius 3 is 1.62 bits per heavy atom. The molecule has 246 valence electrons. The zero-order valence-electron chi connectivity index (χ0n) is 28.9. The first-order chi connectivity index (χ1) is 26.3. The molecule has 2 nitrogen and oxygen atoms in total. The Morgan fingerprint density at radius 1 is 0.321 bits per heavy atom. The molecule has 2 aliphatic carbocycles. The maximum atomic E-state index is 5.42. The number of nitrogens with zero attached hydrogens (tertiary/aromatic N) is 2. The lowest BCUT2D eigenvalue weighted by molar-refractivity contribution is 0.794. The maximum Gasteiger partial charge on any atom is 0.161 e. The molecule has 1 unspecified atom stereocenters. The fourth-order valence-electron chi connectivity index (χ4n) is 9.10. The highest BCUT2D eigenvalue weighted by Crippen LogP contribution is 2.64. The van der Waals surface area contributed by atoms with Crippen LogP contribution in [0.4, 0.5) is 0 Å². The molecule has 0 fully saturated rings. The molecule has 0 amide bonds. The van der Waals surface area contributed by atoms with Gasteiger partial charge in [-0.3, -0.25) is 0 Å². The molecule has 9 aromatic rings. The van der Waals surface area contributed by atoms with Gasteiger partial charge in [0.1, 0.15) is 0 Å². The Kier molecular flexibility index (Phi) is 6.50. The molecule has 1 spiro atoms. The van der Waals surface area contributed by atoms with Crippen LogP contribution < -0.4 is 0 Å². The molecule has 8 aromatic carbocycles. The van der Waals surface area contributed by atoms with Gasteiger partial charge in [-0.05, 0) is 78.5 Å². The lowest BCUT2D eigenvalue weighted by atomic mass is 9.70. The van der Waals surface area contributed by atoms with Gasteiger partial charge >= 0.3 is 0 Å². The van der Waals surface area contributed by atoms with E-state index >= 15 is 0 Å². The fraction of sp³-hybridized carbons (Fsp3) is 0.0196. The van der Waals surface area contributed by atoms with Gasteiger partial charge in [0.25, 0.3) is 0 Å². The standard InChI is InChI=1S/C51H32N2/c1-3-15-33(16-4-1)36-20-13-21-37(31-36)47-32-46(35-18-5-2-6-19-35)52-50(53-47)41-25-14-28-44-49(41)40-24-10-12-27-43(40)51(44)42-26-11-9-23-39(42)48-38-22-8-7-17-34(38)29-30-45(48)51/h1-32H. The second-order valence-corrected chi connectivity index (χ2v) is 14.1. The van der Waals surface area contributed by atoms with Crippen molar-refractivity contribution in [3.63, 3.8) is 0 Å². The highest BCUT2D eigenvalue weighted by molar-refractivity contribution is 6.07. The smallest absolute Gasteiger partial charge is 0.161 e. The molecule has 2 heteroatoms. The highest BCUT2D eigenvalue weighted by Gasteiger charge is 2.52. The van der Waals surface area contributed by atoms with E-state index < -0.39 is 5.41 Å². The summed E-state index contributed by atoms with van der Waals surface area (Å²) in [5.74, 6) is 0.722. The number of aromatic nitrogens is 2. The van der Waals surface area contributed by atoms with Crippen LogP contribution >= 0.6 is 0 Å². The van der Waals surface area contributed by atoms with Gasteiger partial charge in [0, 0.05) is 16.7 Å². The molecule has 11 rings (SSSR count). The van der Waals surface area contributed by atoms with Crippen LogP contribution in [0, 0.1) is 0 Å². The van der Waals surface area contributed by atoms with Gasteiger partial charge in [0.15, 0.2) is 5.82 Å². The number of hydrogen-bond donors (Lipinski definition) is 0. The van der Waals surface area contributed by atoms with Crippen LogP contribution in [0.15, 0.2) is 194 Å². The molecule has 53 heavy (non-hydrogen) atoms. The summed E-state index contributed by atoms with van der Waals surface area (Å²) in [4.78, 5) is 10.8. The summed E-state index contributed by atoms with van der Waals surface area (Å²) in [6.07, 6.45) is 0. The van der Waals surface area contributed by atoms with E-state index in [0.717, 1.165) is 39.5 Å². The van der Waals surface area contributed by atoms with Crippen molar-refractivity contribution in [1.82, 2.24) is 9.97 Å². The van der Waals surface area contributed by atoms with Gasteiger partial charge in [-0.1, -0.05) is 182 Å². The predicted octanol–water partition coefficient (Wildman–Crippen LogP) is 12.6. The second kappa shape index (κ2) is 11.6. The Bertz CT molecular complexity index is 2890. The minimum absolute atomic E-state index is 0.470. The van der Waals surface area contributed by atoms with Crippen LogP contribution in [0.1, 0.15) is 22.3 Å². The van der Waals surface area contributed by atoms with Crippen molar-refractivity contribution in [3.8, 4) is 67.3 Å². The molecule has 0 N–H and O–H groups in total. The van der Waals surface area contributed by atoms with Crippen LogP contribution in [-0.4, -0.2) is 9.97 Å². The molecule has 0 aliphatic heterocycles. The van der Waals surface area contributed by atoms with E-state index in [1.54, 1.807) is 0 Å². The lowest BCUT2D eigenvalue weighted by Gasteiger charge is -2.30. The van der Waals surface area contributed by atoms with Gasteiger partial charge in [-0.25, -0.2) is 9.97 Å². The summed E-state index contributed by atoms with van der Waals surface area (Å²) in [5, 5.41) is 2.55. The van der Waals surface area contributed by atoms with Crippen LogP contribution in [-0.2, 0) is 5.41 Å². The molecule has 2 aliphatic rings. The summed E-state index contributed by atoms with van der Waals surface area (Å²) in [6, 6.07) is 70.1. The quantitative estimate of drug-likeness (QED) is 0.186. The van der Waals surface area contributed by atoms with Crippen molar-refractivity contribution in [1.29, 1.82) is 0 Å². The monoisotopic (exact) mass is 672 g/mol. The van der Waals surface area contributed by atoms with Crippen LogP contribution in [0.5, 0.6) is 0 Å². The maximum absolute atomic E-state index is 5.42. The minimum atomic E-state index is -0.470. The van der Waals surface area contributed by atoms with Gasteiger partial charge in [0.2, 0.25) is 0 Å². The Labute approximate surface area is 308 Å². The molecule has 1 aromatic heterocycles. The number of benzene rings is 8. The van der Waals surface area contributed by atoms with Crippen LogP contribution in [0.3, 0.4) is 0 Å². The lowest BCUT2D eigenvalue weighted by Crippen LogP contribution is -2.25. The van der Waals surface area contributed by atoms with E-state index in [1.165, 1.54) is 60.8 Å². The predicted molar refractivity (Wildman–Crippen MR) is 218 cm³/mol. The SMILES string of the molecule is c1ccc(-c2cccc(-c3cc(-c4ccccc4)nc(-c4cccc5c4-c4ccccc4C54c5ccccc5-c5c4ccc4ccccc54)n3)c2)cc1. The second-order valence-electron chi connectivity index (χ2n) is 14.1. The molecule has 0 bridgehead atoms. The molecular formula is C51H32N2. The van der Waals surface area contributed by atoms with E-state index in [4.69, 9.17) is 9.97 Å². The Morgan fingerprint density at radius 2 is 0.849 bits per heavy atom. The van der Waals surface area contributed by atoms with E-state index in [0.29, 0.717) is 0 Å². The third-order valence-electron chi connectivity index (χ3n) is 11.3. The number of fused-ring (bicyclic) bond motifs is 12. The summed E-state index contributed by atoms with van der Waals surface area (Å²) >= 11 is 0. The Balaban J connectivity index is 1.19. The zero-order chi connectivity index (χ0) is 34.9. The van der Waals surface area contributed by atoms with Crippen LogP contribution in [0.2, 0.25) is 0 Å². The number of rotatable bonds is 4. The van der Waals surface area contributed by atoms with E-state index in [2.05, 4.69) is 194 Å². The van der Waals surface area contributed by atoms with E-state index in [-0.39, 0.29) is 0 Å². The van der Waals surface area contributed by atoms with Crippen molar-refractivity contribution < 1.29 is 0 Å².